The molecule has 168 valence electrons. The highest BCUT2D eigenvalue weighted by Crippen LogP contribution is 2.52. The largest absolute Gasteiger partial charge is 0.398 e. The zero-order valence-corrected chi connectivity index (χ0v) is 20.2. The molecule has 0 fully saturated rings. The number of nitrogens with one attached hydrogen (secondary N) is 1. The fourth-order valence-corrected chi connectivity index (χ4v) is 5.63. The minimum Gasteiger partial charge on any atom is -0.398 e. The molecule has 0 saturated carbocycles. The van der Waals surface area contributed by atoms with E-state index in [1.807, 2.05) is 0 Å². The van der Waals surface area contributed by atoms with E-state index in [1.165, 1.54) is 33.2 Å². The van der Waals surface area contributed by atoms with Crippen LogP contribution in [0.3, 0.4) is 0 Å². The Hall–Kier alpha value is -3.78. The predicted molar refractivity (Wildman–Crippen MR) is 147 cm³/mol. The first-order valence-corrected chi connectivity index (χ1v) is 12.1. The van der Waals surface area contributed by atoms with Crippen LogP contribution in [0.15, 0.2) is 84.9 Å². The number of hydrogen-bond acceptors (Lipinski definition) is 2. The lowest BCUT2D eigenvalue weighted by Crippen LogP contribution is -2.15. The van der Waals surface area contributed by atoms with Gasteiger partial charge in [-0.2, -0.15) is 0 Å². The third-order valence-electron chi connectivity index (χ3n) is 7.61. The van der Waals surface area contributed by atoms with Crippen molar-refractivity contribution in [1.29, 1.82) is 0 Å². The van der Waals surface area contributed by atoms with Crippen LogP contribution in [0.5, 0.6) is 0 Å². The van der Waals surface area contributed by atoms with Crippen molar-refractivity contribution in [2.24, 2.45) is 0 Å². The number of benzene rings is 5. The van der Waals surface area contributed by atoms with E-state index in [9.17, 15) is 0 Å². The van der Waals surface area contributed by atoms with E-state index < -0.39 is 0 Å². The van der Waals surface area contributed by atoms with E-state index in [-0.39, 0.29) is 5.41 Å². The molecule has 2 heteroatoms. The van der Waals surface area contributed by atoms with Crippen LogP contribution in [0.1, 0.15) is 50.3 Å². The maximum absolute atomic E-state index is 6.82. The van der Waals surface area contributed by atoms with Crippen molar-refractivity contribution in [2.45, 2.75) is 39.0 Å². The highest BCUT2D eigenvalue weighted by Gasteiger charge is 2.35. The lowest BCUT2D eigenvalue weighted by Gasteiger charge is -2.23. The lowest BCUT2D eigenvalue weighted by atomic mass is 9.81. The summed E-state index contributed by atoms with van der Waals surface area (Å²) in [5.74, 6) is 0.513. The van der Waals surface area contributed by atoms with Crippen molar-refractivity contribution >= 4 is 38.6 Å². The highest BCUT2D eigenvalue weighted by molar-refractivity contribution is 6.20. The van der Waals surface area contributed by atoms with Crippen molar-refractivity contribution in [3.63, 3.8) is 0 Å². The van der Waals surface area contributed by atoms with Gasteiger partial charge in [-0.1, -0.05) is 88.4 Å². The number of rotatable bonds is 3. The lowest BCUT2D eigenvalue weighted by molar-refractivity contribution is 0.661. The molecule has 0 amide bonds. The van der Waals surface area contributed by atoms with Crippen LogP contribution < -0.4 is 11.1 Å². The van der Waals surface area contributed by atoms with Crippen molar-refractivity contribution in [1.82, 2.24) is 0 Å². The topological polar surface area (TPSA) is 38.0 Å². The Kier molecular flexibility index (Phi) is 4.50. The van der Waals surface area contributed by atoms with E-state index >= 15 is 0 Å². The van der Waals surface area contributed by atoms with E-state index in [0.717, 1.165) is 33.2 Å². The summed E-state index contributed by atoms with van der Waals surface area (Å²) in [6, 6.07) is 30.7. The Labute approximate surface area is 201 Å². The maximum Gasteiger partial charge on any atom is 0.0545 e. The van der Waals surface area contributed by atoms with Gasteiger partial charge >= 0.3 is 0 Å². The third-order valence-corrected chi connectivity index (χ3v) is 7.61. The van der Waals surface area contributed by atoms with Crippen molar-refractivity contribution in [2.75, 3.05) is 11.1 Å². The van der Waals surface area contributed by atoms with Gasteiger partial charge in [0.1, 0.15) is 0 Å². The van der Waals surface area contributed by atoms with Gasteiger partial charge in [-0.05, 0) is 58.0 Å². The smallest absolute Gasteiger partial charge is 0.0545 e. The first kappa shape index (κ1) is 20.8. The Morgan fingerprint density at radius 2 is 1.35 bits per heavy atom. The minimum atomic E-state index is -0.0588. The van der Waals surface area contributed by atoms with Crippen LogP contribution in [0, 0.1) is 0 Å². The molecule has 0 aliphatic heterocycles. The molecule has 0 aromatic heterocycles. The second-order valence-corrected chi connectivity index (χ2v) is 10.3. The summed E-state index contributed by atoms with van der Waals surface area (Å²) in [4.78, 5) is 0. The maximum atomic E-state index is 6.82. The van der Waals surface area contributed by atoms with Gasteiger partial charge in [-0.25, -0.2) is 0 Å². The van der Waals surface area contributed by atoms with Crippen molar-refractivity contribution < 1.29 is 0 Å². The monoisotopic (exact) mass is 442 g/mol. The zero-order valence-electron chi connectivity index (χ0n) is 20.2. The molecule has 0 bridgehead atoms. The molecule has 0 spiro atoms. The van der Waals surface area contributed by atoms with Crippen LogP contribution in [0.2, 0.25) is 0 Å². The molecule has 6 rings (SSSR count). The first-order chi connectivity index (χ1) is 16.4. The summed E-state index contributed by atoms with van der Waals surface area (Å²) in [7, 11) is 0. The number of nitrogens with two attached hydrogens (primary N) is 1. The van der Waals surface area contributed by atoms with Crippen LogP contribution in [-0.4, -0.2) is 0 Å². The SMILES string of the molecule is CC(C)c1ccc(Nc2c3ccccc3c(N)c3cc4c(cc23)C(C)(C)c2ccccc2-4)cc1. The van der Waals surface area contributed by atoms with Crippen LogP contribution in [-0.2, 0) is 5.41 Å². The second-order valence-electron chi connectivity index (χ2n) is 10.3. The third kappa shape index (κ3) is 2.95. The Bertz CT molecular complexity index is 1570. The summed E-state index contributed by atoms with van der Waals surface area (Å²) in [6.07, 6.45) is 0. The predicted octanol–water partition coefficient (Wildman–Crippen LogP) is 8.75. The summed E-state index contributed by atoms with van der Waals surface area (Å²) < 4.78 is 0. The van der Waals surface area contributed by atoms with Gasteiger partial charge < -0.3 is 11.1 Å². The van der Waals surface area contributed by atoms with E-state index in [1.54, 1.807) is 0 Å². The van der Waals surface area contributed by atoms with E-state index in [4.69, 9.17) is 5.73 Å². The molecule has 0 radical (unpaired) electrons. The quantitative estimate of drug-likeness (QED) is 0.166. The summed E-state index contributed by atoms with van der Waals surface area (Å²) in [5, 5.41) is 8.27. The standard InChI is InChI=1S/C32H30N2/c1-19(2)20-13-15-21(16-14-20)34-31-24-11-6-5-10-23(24)30(33)26-17-25-22-9-7-8-12-28(22)32(3,4)29(25)18-27(26)31/h5-19,34H,33H2,1-4H3. The normalized spacial score (nSPS) is 13.9. The minimum absolute atomic E-state index is 0.0588. The van der Waals surface area contributed by atoms with E-state index in [2.05, 4.69) is 118 Å². The fraction of sp³-hybridized carbons (Fsp3) is 0.188. The second kappa shape index (κ2) is 7.36. The molecule has 1 aliphatic carbocycles. The van der Waals surface area contributed by atoms with Crippen LogP contribution in [0.4, 0.5) is 17.1 Å². The molecule has 0 heterocycles. The molecule has 2 nitrogen and oxygen atoms in total. The zero-order chi connectivity index (χ0) is 23.6. The molecular formula is C32H30N2. The van der Waals surface area contributed by atoms with Gasteiger partial charge in [0.2, 0.25) is 0 Å². The summed E-state index contributed by atoms with van der Waals surface area (Å²) in [5.41, 5.74) is 16.5. The number of hydrogen-bond donors (Lipinski definition) is 2. The van der Waals surface area contributed by atoms with Gasteiger partial charge in [0.05, 0.1) is 5.69 Å². The van der Waals surface area contributed by atoms with Gasteiger partial charge in [0, 0.05) is 38.3 Å². The Morgan fingerprint density at radius 3 is 2.09 bits per heavy atom. The Morgan fingerprint density at radius 1 is 0.676 bits per heavy atom. The first-order valence-electron chi connectivity index (χ1n) is 12.1. The van der Waals surface area contributed by atoms with Crippen LogP contribution in [0.25, 0.3) is 32.7 Å². The summed E-state index contributed by atoms with van der Waals surface area (Å²) in [6.45, 7) is 9.10. The molecule has 5 aromatic rings. The highest BCUT2D eigenvalue weighted by atomic mass is 14.9. The average molecular weight is 443 g/mol. The number of nitrogen functional groups attached to an aromatic ring is 1. The Balaban J connectivity index is 1.64. The van der Waals surface area contributed by atoms with Gasteiger partial charge in [0.15, 0.2) is 0 Å². The molecular weight excluding hydrogens is 412 g/mol. The van der Waals surface area contributed by atoms with Crippen LogP contribution >= 0.6 is 0 Å². The molecule has 3 N–H and O–H groups in total. The van der Waals surface area contributed by atoms with Gasteiger partial charge in [0.25, 0.3) is 0 Å². The number of anilines is 3. The van der Waals surface area contributed by atoms with E-state index in [0.29, 0.717) is 5.92 Å². The van der Waals surface area contributed by atoms with Gasteiger partial charge in [-0.3, -0.25) is 0 Å². The average Bonchev–Trinajstić information content (AvgIpc) is 3.07. The van der Waals surface area contributed by atoms with Crippen molar-refractivity contribution in [3.05, 3.63) is 102 Å². The molecule has 1 aliphatic rings. The molecule has 0 unspecified atom stereocenters. The molecule has 34 heavy (non-hydrogen) atoms. The molecule has 0 saturated heterocycles. The fourth-order valence-electron chi connectivity index (χ4n) is 5.63. The summed E-state index contributed by atoms with van der Waals surface area (Å²) >= 11 is 0. The van der Waals surface area contributed by atoms with Gasteiger partial charge in [-0.15, -0.1) is 0 Å². The molecule has 0 atom stereocenters. The van der Waals surface area contributed by atoms with Crippen molar-refractivity contribution in [3.8, 4) is 11.1 Å². The number of fused-ring (bicyclic) bond motifs is 5. The molecule has 5 aromatic carbocycles.